The first-order chi connectivity index (χ1) is 6.63. The van der Waals surface area contributed by atoms with Crippen molar-refractivity contribution in [3.05, 3.63) is 0 Å². The maximum atomic E-state index is 11.0. The third-order valence-corrected chi connectivity index (χ3v) is 1.97. The largest absolute Gasteiger partial charge is 0.462 e. The molecule has 2 N–H and O–H groups in total. The van der Waals surface area contributed by atoms with Gasteiger partial charge in [0.1, 0.15) is 0 Å². The molecule has 78 valence electrons. The maximum Gasteiger partial charge on any atom is 0.396 e. The van der Waals surface area contributed by atoms with Crippen molar-refractivity contribution in [3.63, 3.8) is 0 Å². The van der Waals surface area contributed by atoms with Crippen molar-refractivity contribution in [1.82, 2.24) is 10.6 Å². The van der Waals surface area contributed by atoms with E-state index < -0.39 is 11.9 Å². The Balaban J connectivity index is 2.34. The Morgan fingerprint density at radius 1 is 1.57 bits per heavy atom. The summed E-state index contributed by atoms with van der Waals surface area (Å²) in [4.78, 5) is 32.5. The molecular weight excluding hydrogens is 188 g/mol. The predicted molar refractivity (Wildman–Crippen MR) is 46.2 cm³/mol. The lowest BCUT2D eigenvalue weighted by Crippen LogP contribution is -2.49. The number of ether oxygens (including phenoxy) is 1. The Morgan fingerprint density at radius 2 is 2.29 bits per heavy atom. The Labute approximate surface area is 81.0 Å². The van der Waals surface area contributed by atoms with Crippen LogP contribution < -0.4 is 10.6 Å². The Bertz CT molecular complexity index is 254. The van der Waals surface area contributed by atoms with Crippen LogP contribution in [0.4, 0.5) is 0 Å². The van der Waals surface area contributed by atoms with E-state index in [0.29, 0.717) is 19.4 Å². The summed E-state index contributed by atoms with van der Waals surface area (Å²) in [6.07, 6.45) is 0.917. The maximum absolute atomic E-state index is 11.0. The first-order valence-corrected chi connectivity index (χ1v) is 4.29. The first-order valence-electron chi connectivity index (χ1n) is 4.29. The standard InChI is InChI=1S/C8H12N2O4/c1-14-8(13)7(12)10-5-2-3-6(11)9-4-5/h5H,2-4H2,1H3,(H,9,11)(H,10,12). The number of carbonyl (C=O) groups is 3. The molecule has 0 saturated carbocycles. The highest BCUT2D eigenvalue weighted by molar-refractivity contribution is 6.32. The molecule has 0 aromatic heterocycles. The number of rotatable bonds is 1. The quantitative estimate of drug-likeness (QED) is 0.401. The Morgan fingerprint density at radius 3 is 2.79 bits per heavy atom. The molecule has 0 radical (unpaired) electrons. The van der Waals surface area contributed by atoms with E-state index in [0.717, 1.165) is 7.11 Å². The van der Waals surface area contributed by atoms with Gasteiger partial charge >= 0.3 is 11.9 Å². The molecule has 0 aliphatic carbocycles. The van der Waals surface area contributed by atoms with Crippen LogP contribution in [-0.2, 0) is 19.1 Å². The van der Waals surface area contributed by atoms with Crippen molar-refractivity contribution in [2.75, 3.05) is 13.7 Å². The minimum atomic E-state index is -0.915. The highest BCUT2D eigenvalue weighted by Crippen LogP contribution is 2.02. The lowest BCUT2D eigenvalue weighted by molar-refractivity contribution is -0.153. The number of piperidine rings is 1. The minimum Gasteiger partial charge on any atom is -0.462 e. The summed E-state index contributed by atoms with van der Waals surface area (Å²) in [6.45, 7) is 0.363. The van der Waals surface area contributed by atoms with Gasteiger partial charge in [-0.15, -0.1) is 0 Å². The molecule has 0 aromatic carbocycles. The fraction of sp³-hybridized carbons (Fsp3) is 0.625. The molecule has 1 atom stereocenters. The second-order valence-corrected chi connectivity index (χ2v) is 3.00. The molecule has 1 aliphatic rings. The number of amides is 2. The van der Waals surface area contributed by atoms with Gasteiger partial charge in [-0.3, -0.25) is 9.59 Å². The van der Waals surface area contributed by atoms with Crippen LogP contribution in [0.2, 0.25) is 0 Å². The third kappa shape index (κ3) is 2.72. The van der Waals surface area contributed by atoms with E-state index >= 15 is 0 Å². The molecule has 6 nitrogen and oxygen atoms in total. The van der Waals surface area contributed by atoms with Gasteiger partial charge in [0, 0.05) is 19.0 Å². The second kappa shape index (κ2) is 4.59. The average molecular weight is 200 g/mol. The molecule has 6 heteroatoms. The van der Waals surface area contributed by atoms with E-state index in [9.17, 15) is 14.4 Å². The van der Waals surface area contributed by atoms with E-state index in [1.165, 1.54) is 0 Å². The van der Waals surface area contributed by atoms with Crippen LogP contribution in [0.15, 0.2) is 0 Å². The van der Waals surface area contributed by atoms with Crippen molar-refractivity contribution in [1.29, 1.82) is 0 Å². The summed E-state index contributed by atoms with van der Waals surface area (Å²) >= 11 is 0. The molecule has 1 heterocycles. The summed E-state index contributed by atoms with van der Waals surface area (Å²) in [5.74, 6) is -1.72. The van der Waals surface area contributed by atoms with Crippen LogP contribution in [0.1, 0.15) is 12.8 Å². The number of carbonyl (C=O) groups excluding carboxylic acids is 3. The zero-order valence-electron chi connectivity index (χ0n) is 7.83. The van der Waals surface area contributed by atoms with E-state index in [1.807, 2.05) is 0 Å². The average Bonchev–Trinajstić information content (AvgIpc) is 2.20. The van der Waals surface area contributed by atoms with Gasteiger partial charge in [0.15, 0.2) is 0 Å². The number of nitrogens with one attached hydrogen (secondary N) is 2. The molecule has 1 fully saturated rings. The summed E-state index contributed by atoms with van der Waals surface area (Å²) in [7, 11) is 1.14. The van der Waals surface area contributed by atoms with Crippen LogP contribution in [-0.4, -0.2) is 37.5 Å². The zero-order chi connectivity index (χ0) is 10.6. The fourth-order valence-electron chi connectivity index (χ4n) is 1.19. The molecule has 1 rings (SSSR count). The predicted octanol–water partition coefficient (Wildman–Crippen LogP) is -1.45. The van der Waals surface area contributed by atoms with E-state index in [1.54, 1.807) is 0 Å². The molecule has 1 aliphatic heterocycles. The van der Waals surface area contributed by atoms with Crippen molar-refractivity contribution >= 4 is 17.8 Å². The number of esters is 1. The smallest absolute Gasteiger partial charge is 0.396 e. The van der Waals surface area contributed by atoms with Gasteiger partial charge in [-0.1, -0.05) is 0 Å². The number of methoxy groups -OCH3 is 1. The minimum absolute atomic E-state index is 0.0337. The molecule has 0 spiro atoms. The van der Waals surface area contributed by atoms with Gasteiger partial charge in [0.05, 0.1) is 7.11 Å². The normalized spacial score (nSPS) is 20.9. The summed E-state index contributed by atoms with van der Waals surface area (Å²) in [5, 5.41) is 5.05. The van der Waals surface area contributed by atoms with Gasteiger partial charge in [-0.2, -0.15) is 0 Å². The first kappa shape index (κ1) is 10.5. The molecular formula is C8H12N2O4. The van der Waals surface area contributed by atoms with Crippen LogP contribution in [0, 0.1) is 0 Å². The highest BCUT2D eigenvalue weighted by Gasteiger charge is 2.22. The Hall–Kier alpha value is -1.59. The molecule has 0 aromatic rings. The zero-order valence-corrected chi connectivity index (χ0v) is 7.83. The van der Waals surface area contributed by atoms with Gasteiger partial charge in [-0.05, 0) is 6.42 Å². The number of hydrogen-bond donors (Lipinski definition) is 2. The third-order valence-electron chi connectivity index (χ3n) is 1.97. The van der Waals surface area contributed by atoms with Gasteiger partial charge in [-0.25, -0.2) is 4.79 Å². The molecule has 1 saturated heterocycles. The summed E-state index contributed by atoms with van der Waals surface area (Å²) in [6, 6.07) is -0.181. The Kier molecular flexibility index (Phi) is 3.44. The van der Waals surface area contributed by atoms with E-state index in [4.69, 9.17) is 0 Å². The lowest BCUT2D eigenvalue weighted by Gasteiger charge is -2.22. The fourth-order valence-corrected chi connectivity index (χ4v) is 1.19. The van der Waals surface area contributed by atoms with Gasteiger partial charge in [0.25, 0.3) is 0 Å². The van der Waals surface area contributed by atoms with Crippen LogP contribution >= 0.6 is 0 Å². The summed E-state index contributed by atoms with van der Waals surface area (Å²) in [5.41, 5.74) is 0. The van der Waals surface area contributed by atoms with Crippen molar-refractivity contribution in [3.8, 4) is 0 Å². The van der Waals surface area contributed by atoms with E-state index in [-0.39, 0.29) is 11.9 Å². The molecule has 2 amide bonds. The van der Waals surface area contributed by atoms with Crippen molar-refractivity contribution < 1.29 is 19.1 Å². The monoisotopic (exact) mass is 200 g/mol. The number of hydrogen-bond acceptors (Lipinski definition) is 4. The lowest BCUT2D eigenvalue weighted by atomic mass is 10.1. The highest BCUT2D eigenvalue weighted by atomic mass is 16.5. The van der Waals surface area contributed by atoms with Gasteiger partial charge < -0.3 is 15.4 Å². The second-order valence-electron chi connectivity index (χ2n) is 3.00. The van der Waals surface area contributed by atoms with Gasteiger partial charge in [0.2, 0.25) is 5.91 Å². The van der Waals surface area contributed by atoms with Crippen molar-refractivity contribution in [2.24, 2.45) is 0 Å². The summed E-state index contributed by atoms with van der Waals surface area (Å²) < 4.78 is 4.24. The molecule has 1 unspecified atom stereocenters. The van der Waals surface area contributed by atoms with Crippen molar-refractivity contribution in [2.45, 2.75) is 18.9 Å². The SMILES string of the molecule is COC(=O)C(=O)NC1CCC(=O)NC1. The van der Waals surface area contributed by atoms with Crippen LogP contribution in [0.3, 0.4) is 0 Å². The van der Waals surface area contributed by atoms with Crippen LogP contribution in [0.25, 0.3) is 0 Å². The van der Waals surface area contributed by atoms with Crippen LogP contribution in [0.5, 0.6) is 0 Å². The van der Waals surface area contributed by atoms with E-state index in [2.05, 4.69) is 15.4 Å². The topological polar surface area (TPSA) is 84.5 Å². The molecule has 0 bridgehead atoms. The molecule has 14 heavy (non-hydrogen) atoms.